The highest BCUT2D eigenvalue weighted by molar-refractivity contribution is 5.04. The summed E-state index contributed by atoms with van der Waals surface area (Å²) in [5.41, 5.74) is 3.07. The zero-order chi connectivity index (χ0) is 15.6. The summed E-state index contributed by atoms with van der Waals surface area (Å²) < 4.78 is 45.5. The van der Waals surface area contributed by atoms with Gasteiger partial charge in [0.2, 0.25) is 11.8 Å². The minimum atomic E-state index is -4.60. The maximum atomic E-state index is 12.0. The van der Waals surface area contributed by atoms with Gasteiger partial charge in [-0.3, -0.25) is 10.6 Å². The molecule has 21 heavy (non-hydrogen) atoms. The molecule has 9 heteroatoms. The molecular weight excluding hydrogens is 289 g/mol. The fourth-order valence-corrected chi connectivity index (χ4v) is 2.18. The lowest BCUT2D eigenvalue weighted by Gasteiger charge is -2.32. The molecule has 0 aliphatic heterocycles. The first kappa shape index (κ1) is 15.8. The molecule has 3 N–H and O–H groups in total. The molecule has 6 nitrogen and oxygen atoms in total. The first-order chi connectivity index (χ1) is 9.78. The van der Waals surface area contributed by atoms with E-state index in [9.17, 15) is 13.2 Å². The van der Waals surface area contributed by atoms with Crippen LogP contribution in [0.25, 0.3) is 0 Å². The standard InChI is InChI=1S/C12H17F3N4O2/c1-6(3-7(2)17-16)10-18-19-11(20-10)8-4-9(5-8)21-12(13,14)15/h6,8-9,17H,2-5,16H2,1H3. The van der Waals surface area contributed by atoms with Crippen molar-refractivity contribution in [3.63, 3.8) is 0 Å². The Morgan fingerprint density at radius 3 is 2.76 bits per heavy atom. The second kappa shape index (κ2) is 6.02. The second-order valence-electron chi connectivity index (χ2n) is 5.19. The van der Waals surface area contributed by atoms with E-state index in [1.165, 1.54) is 0 Å². The van der Waals surface area contributed by atoms with E-state index in [2.05, 4.69) is 26.9 Å². The number of hydrazine groups is 1. The van der Waals surface area contributed by atoms with E-state index < -0.39 is 12.5 Å². The molecule has 0 bridgehead atoms. The van der Waals surface area contributed by atoms with Gasteiger partial charge in [-0.05, 0) is 19.3 Å². The first-order valence-corrected chi connectivity index (χ1v) is 6.50. The number of allylic oxidation sites excluding steroid dienone is 1. The quantitative estimate of drug-likeness (QED) is 0.619. The van der Waals surface area contributed by atoms with Crippen LogP contribution in [0.4, 0.5) is 13.2 Å². The summed E-state index contributed by atoms with van der Waals surface area (Å²) in [6, 6.07) is 0. The Labute approximate surface area is 119 Å². The lowest BCUT2D eigenvalue weighted by Crippen LogP contribution is -2.34. The van der Waals surface area contributed by atoms with Gasteiger partial charge in [0.25, 0.3) is 0 Å². The van der Waals surface area contributed by atoms with Crippen LogP contribution in [-0.4, -0.2) is 22.7 Å². The smallest absolute Gasteiger partial charge is 0.425 e. The number of hydrogen-bond acceptors (Lipinski definition) is 6. The number of alkyl halides is 3. The molecule has 0 radical (unpaired) electrons. The van der Waals surface area contributed by atoms with Gasteiger partial charge >= 0.3 is 6.36 Å². The molecule has 1 aliphatic carbocycles. The van der Waals surface area contributed by atoms with Gasteiger partial charge in [-0.25, -0.2) is 0 Å². The Bertz CT molecular complexity index is 497. The Morgan fingerprint density at radius 2 is 2.19 bits per heavy atom. The normalized spacial score (nSPS) is 23.5. The molecule has 1 fully saturated rings. The van der Waals surface area contributed by atoms with Crippen LogP contribution in [0.3, 0.4) is 0 Å². The number of hydrogen-bond donors (Lipinski definition) is 2. The van der Waals surface area contributed by atoms with E-state index in [1.807, 2.05) is 6.92 Å². The Kier molecular flexibility index (Phi) is 4.52. The Hall–Kier alpha value is -1.61. The summed E-state index contributed by atoms with van der Waals surface area (Å²) in [5, 5.41) is 7.81. The number of ether oxygens (including phenoxy) is 1. The van der Waals surface area contributed by atoms with Gasteiger partial charge in [-0.15, -0.1) is 23.4 Å². The van der Waals surface area contributed by atoms with Gasteiger partial charge in [0.1, 0.15) is 0 Å². The van der Waals surface area contributed by atoms with Crippen molar-refractivity contribution in [3.8, 4) is 0 Å². The monoisotopic (exact) mass is 306 g/mol. The fourth-order valence-electron chi connectivity index (χ4n) is 2.18. The second-order valence-corrected chi connectivity index (χ2v) is 5.19. The maximum Gasteiger partial charge on any atom is 0.522 e. The minimum absolute atomic E-state index is 0.0721. The summed E-state index contributed by atoms with van der Waals surface area (Å²) in [6.07, 6.45) is -4.44. The molecule has 1 aromatic heterocycles. The van der Waals surface area contributed by atoms with E-state index in [1.54, 1.807) is 0 Å². The molecule has 1 atom stereocenters. The first-order valence-electron chi connectivity index (χ1n) is 6.50. The summed E-state index contributed by atoms with van der Waals surface area (Å²) in [4.78, 5) is 0. The largest absolute Gasteiger partial charge is 0.522 e. The maximum absolute atomic E-state index is 12.0. The van der Waals surface area contributed by atoms with Crippen molar-refractivity contribution in [2.45, 2.75) is 50.5 Å². The highest BCUT2D eigenvalue weighted by atomic mass is 19.4. The zero-order valence-electron chi connectivity index (χ0n) is 11.5. The van der Waals surface area contributed by atoms with Gasteiger partial charge in [0, 0.05) is 17.5 Å². The van der Waals surface area contributed by atoms with Crippen LogP contribution in [0.15, 0.2) is 16.7 Å². The molecule has 1 saturated carbocycles. The molecular formula is C12H17F3N4O2. The van der Waals surface area contributed by atoms with Gasteiger partial charge in [-0.1, -0.05) is 13.5 Å². The van der Waals surface area contributed by atoms with Crippen LogP contribution < -0.4 is 11.3 Å². The van der Waals surface area contributed by atoms with E-state index in [0.717, 1.165) is 0 Å². The molecule has 1 aromatic rings. The predicted octanol–water partition coefficient (Wildman–Crippen LogP) is 2.32. The molecule has 118 valence electrons. The summed E-state index contributed by atoms with van der Waals surface area (Å²) in [6.45, 7) is 5.57. The molecule has 0 aromatic carbocycles. The SMILES string of the molecule is C=C(CC(C)c1nnc(C2CC(OC(F)(F)F)C2)o1)NN. The Balaban J connectivity index is 1.86. The molecule has 0 saturated heterocycles. The van der Waals surface area contributed by atoms with Crippen molar-refractivity contribution in [1.82, 2.24) is 15.6 Å². The molecule has 1 heterocycles. The van der Waals surface area contributed by atoms with E-state index in [-0.39, 0.29) is 24.7 Å². The van der Waals surface area contributed by atoms with Crippen LogP contribution in [0.5, 0.6) is 0 Å². The minimum Gasteiger partial charge on any atom is -0.425 e. The molecule has 1 aliphatic rings. The number of halogens is 3. The van der Waals surface area contributed by atoms with E-state index >= 15 is 0 Å². The van der Waals surface area contributed by atoms with E-state index in [4.69, 9.17) is 10.3 Å². The summed E-state index contributed by atoms with van der Waals surface area (Å²) in [7, 11) is 0. The number of nitrogens with two attached hydrogens (primary N) is 1. The number of nitrogens with one attached hydrogen (secondary N) is 1. The highest BCUT2D eigenvalue weighted by Crippen LogP contribution is 2.41. The third-order valence-electron chi connectivity index (χ3n) is 3.38. The molecule has 2 rings (SSSR count). The van der Waals surface area contributed by atoms with Crippen molar-refractivity contribution >= 4 is 0 Å². The number of aromatic nitrogens is 2. The summed E-state index contributed by atoms with van der Waals surface area (Å²) >= 11 is 0. The topological polar surface area (TPSA) is 86.2 Å². The molecule has 0 amide bonds. The van der Waals surface area contributed by atoms with Crippen LogP contribution >= 0.6 is 0 Å². The third-order valence-corrected chi connectivity index (χ3v) is 3.38. The summed E-state index contributed by atoms with van der Waals surface area (Å²) in [5.74, 6) is 5.75. The lowest BCUT2D eigenvalue weighted by molar-refractivity contribution is -0.352. The van der Waals surface area contributed by atoms with Crippen LogP contribution in [0, 0.1) is 0 Å². The van der Waals surface area contributed by atoms with Crippen molar-refractivity contribution in [2.75, 3.05) is 0 Å². The van der Waals surface area contributed by atoms with Gasteiger partial charge < -0.3 is 9.84 Å². The van der Waals surface area contributed by atoms with Gasteiger partial charge in [0.05, 0.1) is 6.10 Å². The molecule has 1 unspecified atom stereocenters. The van der Waals surface area contributed by atoms with Crippen molar-refractivity contribution < 1.29 is 22.3 Å². The lowest BCUT2D eigenvalue weighted by atomic mass is 9.82. The highest BCUT2D eigenvalue weighted by Gasteiger charge is 2.42. The van der Waals surface area contributed by atoms with Crippen LogP contribution in [0.2, 0.25) is 0 Å². The van der Waals surface area contributed by atoms with Gasteiger partial charge in [0.15, 0.2) is 0 Å². The van der Waals surface area contributed by atoms with Crippen LogP contribution in [0.1, 0.15) is 49.8 Å². The van der Waals surface area contributed by atoms with Crippen molar-refractivity contribution in [1.29, 1.82) is 0 Å². The van der Waals surface area contributed by atoms with Gasteiger partial charge in [-0.2, -0.15) is 0 Å². The number of rotatable bonds is 6. The van der Waals surface area contributed by atoms with Crippen molar-refractivity contribution in [2.24, 2.45) is 5.84 Å². The predicted molar refractivity (Wildman–Crippen MR) is 66.7 cm³/mol. The molecule has 0 spiro atoms. The Morgan fingerprint density at radius 1 is 1.52 bits per heavy atom. The van der Waals surface area contributed by atoms with E-state index in [0.29, 0.717) is 23.9 Å². The third kappa shape index (κ3) is 4.18. The van der Waals surface area contributed by atoms with Crippen molar-refractivity contribution in [3.05, 3.63) is 24.1 Å². The van der Waals surface area contributed by atoms with Crippen LogP contribution in [-0.2, 0) is 4.74 Å². The average Bonchev–Trinajstić information content (AvgIpc) is 2.81. The zero-order valence-corrected chi connectivity index (χ0v) is 11.5. The fraction of sp³-hybridized carbons (Fsp3) is 0.667. The number of nitrogens with zero attached hydrogens (tertiary/aromatic N) is 2. The average molecular weight is 306 g/mol.